The Hall–Kier alpha value is -0.740. The molecule has 90 valence electrons. The summed E-state index contributed by atoms with van der Waals surface area (Å²) >= 11 is 3.45. The molecule has 0 spiro atoms. The lowest BCUT2D eigenvalue weighted by atomic mass is 10.3. The SMILES string of the molecule is CCOCCCNc1ccc(OC)c(Br)c1. The largest absolute Gasteiger partial charge is 0.496 e. The topological polar surface area (TPSA) is 30.5 Å². The van der Waals surface area contributed by atoms with Crippen molar-refractivity contribution < 1.29 is 9.47 Å². The second-order valence-corrected chi connectivity index (χ2v) is 4.18. The first-order valence-electron chi connectivity index (χ1n) is 5.43. The van der Waals surface area contributed by atoms with Crippen molar-refractivity contribution in [1.82, 2.24) is 0 Å². The van der Waals surface area contributed by atoms with Crippen LogP contribution in [0.2, 0.25) is 0 Å². The minimum absolute atomic E-state index is 0.786. The van der Waals surface area contributed by atoms with Crippen LogP contribution in [0, 0.1) is 0 Å². The molecule has 4 heteroatoms. The fourth-order valence-corrected chi connectivity index (χ4v) is 1.87. The number of hydrogen-bond donors (Lipinski definition) is 1. The van der Waals surface area contributed by atoms with Crippen LogP contribution >= 0.6 is 15.9 Å². The molecule has 0 aromatic heterocycles. The average molecular weight is 288 g/mol. The van der Waals surface area contributed by atoms with Gasteiger partial charge in [-0.15, -0.1) is 0 Å². The van der Waals surface area contributed by atoms with Crippen LogP contribution in [0.15, 0.2) is 22.7 Å². The Morgan fingerprint density at radius 3 is 2.81 bits per heavy atom. The molecule has 1 aromatic rings. The Balaban J connectivity index is 2.34. The van der Waals surface area contributed by atoms with Crippen LogP contribution in [0.5, 0.6) is 5.75 Å². The summed E-state index contributed by atoms with van der Waals surface area (Å²) in [6, 6.07) is 5.96. The molecule has 0 unspecified atom stereocenters. The Labute approximate surface area is 105 Å². The van der Waals surface area contributed by atoms with Gasteiger partial charge in [0.15, 0.2) is 0 Å². The fraction of sp³-hybridized carbons (Fsp3) is 0.500. The van der Waals surface area contributed by atoms with Crippen molar-refractivity contribution in [3.63, 3.8) is 0 Å². The maximum Gasteiger partial charge on any atom is 0.133 e. The summed E-state index contributed by atoms with van der Waals surface area (Å²) in [5.74, 6) is 0.847. The zero-order chi connectivity index (χ0) is 11.8. The van der Waals surface area contributed by atoms with Crippen LogP contribution in [0.25, 0.3) is 0 Å². The molecule has 16 heavy (non-hydrogen) atoms. The Kier molecular flexibility index (Phi) is 6.26. The molecule has 3 nitrogen and oxygen atoms in total. The number of halogens is 1. The van der Waals surface area contributed by atoms with Crippen molar-refractivity contribution in [3.8, 4) is 5.75 Å². The molecule has 0 amide bonds. The quantitative estimate of drug-likeness (QED) is 0.781. The van der Waals surface area contributed by atoms with Crippen molar-refractivity contribution in [2.45, 2.75) is 13.3 Å². The molecule has 1 rings (SSSR count). The summed E-state index contributed by atoms with van der Waals surface area (Å²) in [7, 11) is 1.66. The molecule has 0 aliphatic carbocycles. The van der Waals surface area contributed by atoms with Crippen LogP contribution < -0.4 is 10.1 Å². The lowest BCUT2D eigenvalue weighted by Crippen LogP contribution is -2.05. The van der Waals surface area contributed by atoms with Gasteiger partial charge in [-0.3, -0.25) is 0 Å². The fourth-order valence-electron chi connectivity index (χ4n) is 1.33. The molecule has 0 aliphatic heterocycles. The molecule has 1 aromatic carbocycles. The minimum Gasteiger partial charge on any atom is -0.496 e. The predicted molar refractivity (Wildman–Crippen MR) is 70.3 cm³/mol. The highest BCUT2D eigenvalue weighted by Crippen LogP contribution is 2.27. The van der Waals surface area contributed by atoms with Gasteiger partial charge < -0.3 is 14.8 Å². The Bertz CT molecular complexity index is 318. The zero-order valence-corrected chi connectivity index (χ0v) is 11.3. The van der Waals surface area contributed by atoms with Crippen LogP contribution in [-0.2, 0) is 4.74 Å². The second-order valence-electron chi connectivity index (χ2n) is 3.33. The molecule has 0 saturated carbocycles. The predicted octanol–water partition coefficient (Wildman–Crippen LogP) is 3.30. The highest BCUT2D eigenvalue weighted by molar-refractivity contribution is 9.10. The van der Waals surface area contributed by atoms with Crippen molar-refractivity contribution in [3.05, 3.63) is 22.7 Å². The van der Waals surface area contributed by atoms with Crippen LogP contribution in [0.1, 0.15) is 13.3 Å². The molecular formula is C12H18BrNO2. The van der Waals surface area contributed by atoms with Crippen molar-refractivity contribution in [2.75, 3.05) is 32.2 Å². The molecule has 0 fully saturated rings. The lowest BCUT2D eigenvalue weighted by molar-refractivity contribution is 0.147. The van der Waals surface area contributed by atoms with Crippen molar-refractivity contribution in [2.24, 2.45) is 0 Å². The smallest absolute Gasteiger partial charge is 0.133 e. The van der Waals surface area contributed by atoms with Gasteiger partial charge in [0.2, 0.25) is 0 Å². The number of benzene rings is 1. The zero-order valence-electron chi connectivity index (χ0n) is 9.75. The molecule has 1 N–H and O–H groups in total. The second kappa shape index (κ2) is 7.52. The van der Waals surface area contributed by atoms with Crippen molar-refractivity contribution >= 4 is 21.6 Å². The number of ether oxygens (including phenoxy) is 2. The van der Waals surface area contributed by atoms with Crippen LogP contribution in [0.4, 0.5) is 5.69 Å². The molecular weight excluding hydrogens is 270 g/mol. The maximum atomic E-state index is 5.26. The highest BCUT2D eigenvalue weighted by atomic mass is 79.9. The summed E-state index contributed by atoms with van der Waals surface area (Å²) in [5, 5.41) is 3.33. The summed E-state index contributed by atoms with van der Waals surface area (Å²) in [5.41, 5.74) is 1.09. The first-order valence-corrected chi connectivity index (χ1v) is 6.22. The molecule has 0 atom stereocenters. The molecule has 0 saturated heterocycles. The van der Waals surface area contributed by atoms with Gasteiger partial charge in [0.05, 0.1) is 11.6 Å². The summed E-state index contributed by atoms with van der Waals surface area (Å²) in [4.78, 5) is 0. The van der Waals surface area contributed by atoms with Crippen molar-refractivity contribution in [1.29, 1.82) is 0 Å². The third-order valence-electron chi connectivity index (χ3n) is 2.15. The van der Waals surface area contributed by atoms with Crippen LogP contribution in [-0.4, -0.2) is 26.9 Å². The summed E-state index contributed by atoms with van der Waals surface area (Å²) < 4.78 is 11.4. The maximum absolute atomic E-state index is 5.26. The molecule has 0 heterocycles. The van der Waals surface area contributed by atoms with E-state index in [9.17, 15) is 0 Å². The first-order chi connectivity index (χ1) is 7.77. The van der Waals surface area contributed by atoms with E-state index in [1.54, 1.807) is 7.11 Å². The van der Waals surface area contributed by atoms with Gasteiger partial charge in [0, 0.05) is 25.4 Å². The Morgan fingerprint density at radius 1 is 1.38 bits per heavy atom. The third-order valence-corrected chi connectivity index (χ3v) is 2.77. The van der Waals surface area contributed by atoms with E-state index < -0.39 is 0 Å². The van der Waals surface area contributed by atoms with E-state index in [4.69, 9.17) is 9.47 Å². The molecule has 0 radical (unpaired) electrons. The Morgan fingerprint density at radius 2 is 2.19 bits per heavy atom. The van der Waals surface area contributed by atoms with Gasteiger partial charge in [-0.05, 0) is 47.5 Å². The van der Waals surface area contributed by atoms with Gasteiger partial charge >= 0.3 is 0 Å². The number of hydrogen-bond acceptors (Lipinski definition) is 3. The number of methoxy groups -OCH3 is 1. The average Bonchev–Trinajstić information content (AvgIpc) is 2.29. The first kappa shape index (κ1) is 13.3. The van der Waals surface area contributed by atoms with Gasteiger partial charge in [0.1, 0.15) is 5.75 Å². The number of nitrogens with one attached hydrogen (secondary N) is 1. The van der Waals surface area contributed by atoms with Gasteiger partial charge in [-0.25, -0.2) is 0 Å². The summed E-state index contributed by atoms with van der Waals surface area (Å²) in [6.07, 6.45) is 1.01. The van der Waals surface area contributed by atoms with Gasteiger partial charge in [0.25, 0.3) is 0 Å². The van der Waals surface area contributed by atoms with E-state index in [0.717, 1.165) is 42.1 Å². The lowest BCUT2D eigenvalue weighted by Gasteiger charge is -2.09. The minimum atomic E-state index is 0.786. The summed E-state index contributed by atoms with van der Waals surface area (Å²) in [6.45, 7) is 4.52. The van der Waals surface area contributed by atoms with Gasteiger partial charge in [-0.1, -0.05) is 0 Å². The van der Waals surface area contributed by atoms with E-state index in [2.05, 4.69) is 21.2 Å². The number of anilines is 1. The third kappa shape index (κ3) is 4.41. The van der Waals surface area contributed by atoms with Gasteiger partial charge in [-0.2, -0.15) is 0 Å². The van der Waals surface area contributed by atoms with E-state index in [1.807, 2.05) is 25.1 Å². The monoisotopic (exact) mass is 287 g/mol. The number of rotatable bonds is 7. The normalized spacial score (nSPS) is 10.2. The highest BCUT2D eigenvalue weighted by Gasteiger charge is 2.00. The van der Waals surface area contributed by atoms with E-state index in [0.29, 0.717) is 0 Å². The van der Waals surface area contributed by atoms with E-state index in [1.165, 1.54) is 0 Å². The van der Waals surface area contributed by atoms with E-state index in [-0.39, 0.29) is 0 Å². The molecule has 0 aliphatic rings. The standard InChI is InChI=1S/C12H18BrNO2/c1-3-16-8-4-7-14-10-5-6-12(15-2)11(13)9-10/h5-6,9,14H,3-4,7-8H2,1-2H3. The molecule has 0 bridgehead atoms. The van der Waals surface area contributed by atoms with Crippen LogP contribution in [0.3, 0.4) is 0 Å². The van der Waals surface area contributed by atoms with E-state index >= 15 is 0 Å².